The molecule has 0 unspecified atom stereocenters. The zero-order valence-electron chi connectivity index (χ0n) is 15.1. The number of hydrogen-bond acceptors (Lipinski definition) is 4. The Morgan fingerprint density at radius 1 is 1.08 bits per heavy atom. The normalized spacial score (nSPS) is 14.8. The zero-order chi connectivity index (χ0) is 18.4. The first kappa shape index (κ1) is 18.2. The van der Waals surface area contributed by atoms with Crippen LogP contribution in [0, 0.1) is 5.92 Å². The fraction of sp³-hybridized carbons (Fsp3) is 0.429. The molecule has 0 heterocycles. The first-order chi connectivity index (χ1) is 12.7. The van der Waals surface area contributed by atoms with E-state index in [0.29, 0.717) is 23.8 Å². The Balaban J connectivity index is 1.57. The molecule has 1 N–H and O–H groups in total. The van der Waals surface area contributed by atoms with E-state index in [1.54, 1.807) is 12.1 Å². The average molecular weight is 355 g/mol. The quantitative estimate of drug-likeness (QED) is 0.803. The molecular weight excluding hydrogens is 330 g/mol. The van der Waals surface area contributed by atoms with Gasteiger partial charge >= 0.3 is 5.97 Å². The number of rotatable bonds is 6. The average Bonchev–Trinajstić information content (AvgIpc) is 2.70. The van der Waals surface area contributed by atoms with Crippen LogP contribution in [0.5, 0.6) is 5.75 Å². The van der Waals surface area contributed by atoms with Crippen molar-refractivity contribution in [1.29, 1.82) is 0 Å². The molecule has 0 atom stereocenters. The smallest absolute Gasteiger partial charge is 0.342 e. The molecule has 0 bridgehead atoms. The highest BCUT2D eigenvalue weighted by Crippen LogP contribution is 2.26. The Labute approximate surface area is 153 Å². The number of fused-ring (bicyclic) bond motifs is 1. The Morgan fingerprint density at radius 2 is 1.77 bits per heavy atom. The fourth-order valence-electron chi connectivity index (χ4n) is 3.46. The molecule has 2 aromatic carbocycles. The topological polar surface area (TPSA) is 64.6 Å². The van der Waals surface area contributed by atoms with Crippen molar-refractivity contribution in [2.24, 2.45) is 5.92 Å². The van der Waals surface area contributed by atoms with Crippen LogP contribution in [0.2, 0.25) is 0 Å². The highest BCUT2D eigenvalue weighted by Gasteiger charge is 2.18. The summed E-state index contributed by atoms with van der Waals surface area (Å²) in [5, 5.41) is 4.77. The number of methoxy groups -OCH3 is 1. The summed E-state index contributed by atoms with van der Waals surface area (Å²) in [5.74, 6) is 0.171. The van der Waals surface area contributed by atoms with Crippen molar-refractivity contribution in [3.05, 3.63) is 42.0 Å². The minimum Gasteiger partial charge on any atom is -0.496 e. The molecule has 1 fully saturated rings. The predicted molar refractivity (Wildman–Crippen MR) is 100 cm³/mol. The lowest BCUT2D eigenvalue weighted by atomic mass is 9.89. The number of carbonyl (C=O) groups excluding carboxylic acids is 2. The molecule has 0 aliphatic heterocycles. The maximum absolute atomic E-state index is 12.4. The molecule has 1 saturated carbocycles. The zero-order valence-corrected chi connectivity index (χ0v) is 15.1. The Kier molecular flexibility index (Phi) is 6.10. The summed E-state index contributed by atoms with van der Waals surface area (Å²) >= 11 is 0. The second-order valence-electron chi connectivity index (χ2n) is 6.78. The highest BCUT2D eigenvalue weighted by atomic mass is 16.5. The van der Waals surface area contributed by atoms with Gasteiger partial charge in [-0.05, 0) is 41.7 Å². The van der Waals surface area contributed by atoms with Gasteiger partial charge in [-0.2, -0.15) is 0 Å². The Bertz CT molecular complexity index is 781. The third-order valence-electron chi connectivity index (χ3n) is 4.93. The van der Waals surface area contributed by atoms with Gasteiger partial charge in [0.25, 0.3) is 5.91 Å². The standard InChI is InChI=1S/C21H25NO4/c1-25-19-12-17-10-6-5-9-16(17)11-18(19)21(24)26-14-20(23)22-13-15-7-3-2-4-8-15/h5-6,9-12,15H,2-4,7-8,13-14H2,1H3,(H,22,23). The van der Waals surface area contributed by atoms with Crippen molar-refractivity contribution in [2.45, 2.75) is 32.1 Å². The van der Waals surface area contributed by atoms with E-state index in [9.17, 15) is 9.59 Å². The van der Waals surface area contributed by atoms with E-state index in [0.717, 1.165) is 23.6 Å². The monoisotopic (exact) mass is 355 g/mol. The largest absolute Gasteiger partial charge is 0.496 e. The van der Waals surface area contributed by atoms with Gasteiger partial charge < -0.3 is 14.8 Å². The van der Waals surface area contributed by atoms with Crippen molar-refractivity contribution < 1.29 is 19.1 Å². The van der Waals surface area contributed by atoms with Gasteiger partial charge in [-0.15, -0.1) is 0 Å². The van der Waals surface area contributed by atoms with Gasteiger partial charge in [0.2, 0.25) is 0 Å². The van der Waals surface area contributed by atoms with Crippen molar-refractivity contribution >= 4 is 22.6 Å². The number of ether oxygens (including phenoxy) is 2. The van der Waals surface area contributed by atoms with Crippen LogP contribution in [0.1, 0.15) is 42.5 Å². The van der Waals surface area contributed by atoms with E-state index in [2.05, 4.69) is 5.32 Å². The third-order valence-corrected chi connectivity index (χ3v) is 4.93. The van der Waals surface area contributed by atoms with E-state index < -0.39 is 5.97 Å². The molecule has 5 nitrogen and oxygen atoms in total. The lowest BCUT2D eigenvalue weighted by Crippen LogP contribution is -2.33. The second-order valence-corrected chi connectivity index (χ2v) is 6.78. The van der Waals surface area contributed by atoms with E-state index >= 15 is 0 Å². The first-order valence-electron chi connectivity index (χ1n) is 9.18. The van der Waals surface area contributed by atoms with Gasteiger partial charge in [0, 0.05) is 6.54 Å². The summed E-state index contributed by atoms with van der Waals surface area (Å²) in [6.45, 7) is 0.386. The van der Waals surface area contributed by atoms with Crippen LogP contribution in [0.25, 0.3) is 10.8 Å². The minimum atomic E-state index is -0.555. The van der Waals surface area contributed by atoms with Gasteiger partial charge in [0.05, 0.1) is 7.11 Å². The molecule has 5 heteroatoms. The summed E-state index contributed by atoms with van der Waals surface area (Å²) in [6, 6.07) is 11.2. The van der Waals surface area contributed by atoms with Gasteiger partial charge in [0.15, 0.2) is 6.61 Å². The Morgan fingerprint density at radius 3 is 2.46 bits per heavy atom. The molecule has 26 heavy (non-hydrogen) atoms. The van der Waals surface area contributed by atoms with Crippen molar-refractivity contribution in [3.8, 4) is 5.75 Å². The van der Waals surface area contributed by atoms with Gasteiger partial charge in [-0.25, -0.2) is 4.79 Å². The molecule has 3 rings (SSSR count). The van der Waals surface area contributed by atoms with Crippen molar-refractivity contribution in [2.75, 3.05) is 20.3 Å². The maximum atomic E-state index is 12.4. The van der Waals surface area contributed by atoms with E-state index in [1.165, 1.54) is 26.4 Å². The van der Waals surface area contributed by atoms with Crippen LogP contribution in [0.3, 0.4) is 0 Å². The van der Waals surface area contributed by atoms with Crippen molar-refractivity contribution in [3.63, 3.8) is 0 Å². The number of esters is 1. The summed E-state index contributed by atoms with van der Waals surface area (Å²) < 4.78 is 10.5. The predicted octanol–water partition coefficient (Wildman–Crippen LogP) is 3.70. The van der Waals surface area contributed by atoms with Crippen LogP contribution in [0.15, 0.2) is 36.4 Å². The van der Waals surface area contributed by atoms with E-state index in [4.69, 9.17) is 9.47 Å². The van der Waals surface area contributed by atoms with Gasteiger partial charge in [-0.1, -0.05) is 43.5 Å². The molecule has 1 amide bonds. The summed E-state index contributed by atoms with van der Waals surface area (Å²) in [4.78, 5) is 24.4. The molecule has 0 radical (unpaired) electrons. The summed E-state index contributed by atoms with van der Waals surface area (Å²) in [5.41, 5.74) is 0.325. The molecule has 1 aliphatic carbocycles. The number of amides is 1. The highest BCUT2D eigenvalue weighted by molar-refractivity contribution is 5.99. The van der Waals surface area contributed by atoms with Gasteiger partial charge in [0.1, 0.15) is 11.3 Å². The van der Waals surface area contributed by atoms with E-state index in [-0.39, 0.29) is 12.5 Å². The fourth-order valence-corrected chi connectivity index (χ4v) is 3.46. The lowest BCUT2D eigenvalue weighted by molar-refractivity contribution is -0.124. The van der Waals surface area contributed by atoms with E-state index in [1.807, 2.05) is 24.3 Å². The first-order valence-corrected chi connectivity index (χ1v) is 9.18. The van der Waals surface area contributed by atoms with Crippen LogP contribution in [-0.4, -0.2) is 32.1 Å². The molecule has 0 spiro atoms. The molecular formula is C21H25NO4. The van der Waals surface area contributed by atoms with Gasteiger partial charge in [-0.3, -0.25) is 4.79 Å². The Hall–Kier alpha value is -2.56. The number of carbonyl (C=O) groups is 2. The lowest BCUT2D eigenvalue weighted by Gasteiger charge is -2.21. The van der Waals surface area contributed by atoms with Crippen LogP contribution >= 0.6 is 0 Å². The second kappa shape index (κ2) is 8.70. The summed E-state index contributed by atoms with van der Waals surface area (Å²) in [7, 11) is 1.51. The summed E-state index contributed by atoms with van der Waals surface area (Å²) in [6.07, 6.45) is 6.08. The third kappa shape index (κ3) is 4.54. The van der Waals surface area contributed by atoms with Crippen molar-refractivity contribution in [1.82, 2.24) is 5.32 Å². The number of benzene rings is 2. The van der Waals surface area contributed by atoms with Crippen LogP contribution in [-0.2, 0) is 9.53 Å². The maximum Gasteiger partial charge on any atom is 0.342 e. The SMILES string of the molecule is COc1cc2ccccc2cc1C(=O)OCC(=O)NCC1CCCCC1. The molecule has 138 valence electrons. The molecule has 1 aliphatic rings. The molecule has 0 aromatic heterocycles. The van der Waals surface area contributed by atoms with Crippen LogP contribution < -0.4 is 10.1 Å². The van der Waals surface area contributed by atoms with Crippen LogP contribution in [0.4, 0.5) is 0 Å². The number of nitrogens with one attached hydrogen (secondary N) is 1. The minimum absolute atomic E-state index is 0.260. The number of hydrogen-bond donors (Lipinski definition) is 1. The molecule has 2 aromatic rings. The molecule has 0 saturated heterocycles.